The second kappa shape index (κ2) is 15.0. The van der Waals surface area contributed by atoms with E-state index < -0.39 is 6.23 Å². The Hall–Kier alpha value is -2.34. The molecule has 4 unspecified atom stereocenters. The average Bonchev–Trinajstić information content (AvgIpc) is 3.45. The first-order valence-corrected chi connectivity index (χ1v) is 13.3. The fourth-order valence-electron chi connectivity index (χ4n) is 4.27. The first-order chi connectivity index (χ1) is 17.6. The number of imidazole rings is 1. The Morgan fingerprint density at radius 1 is 1.03 bits per heavy atom. The Morgan fingerprint density at radius 2 is 1.78 bits per heavy atom. The van der Waals surface area contributed by atoms with Crippen molar-refractivity contribution in [1.29, 1.82) is 0 Å². The first kappa shape index (κ1) is 28.2. The lowest BCUT2D eigenvalue weighted by Crippen LogP contribution is -2.39. The van der Waals surface area contributed by atoms with E-state index in [-0.39, 0.29) is 24.2 Å². The normalized spacial score (nSPS) is 21.9. The quantitative estimate of drug-likeness (QED) is 0.292. The first-order valence-electron chi connectivity index (χ1n) is 13.3. The lowest BCUT2D eigenvalue weighted by Gasteiger charge is -2.25. The largest absolute Gasteiger partial charge is 0.379 e. The molecule has 36 heavy (non-hydrogen) atoms. The van der Waals surface area contributed by atoms with Gasteiger partial charge in [0.1, 0.15) is 24.6 Å². The number of aromatic nitrogens is 4. The maximum Gasteiger partial charge on any atom is 0.217 e. The highest BCUT2D eigenvalue weighted by Crippen LogP contribution is 2.36. The van der Waals surface area contributed by atoms with Crippen molar-refractivity contribution in [3.63, 3.8) is 0 Å². The number of hydrogen-bond donors (Lipinski definition) is 2. The van der Waals surface area contributed by atoms with Gasteiger partial charge in [0.05, 0.1) is 12.9 Å². The second-order valence-corrected chi connectivity index (χ2v) is 9.06. The molecule has 0 bridgehead atoms. The van der Waals surface area contributed by atoms with Gasteiger partial charge in [0.25, 0.3) is 0 Å². The number of rotatable bonds is 18. The summed E-state index contributed by atoms with van der Waals surface area (Å²) in [5, 5.41) is 3.35. The van der Waals surface area contributed by atoms with E-state index in [1.54, 1.807) is 6.33 Å². The molecule has 2 aromatic heterocycles. The summed E-state index contributed by atoms with van der Waals surface area (Å²) in [4.78, 5) is 24.4. The van der Waals surface area contributed by atoms with Crippen molar-refractivity contribution in [2.24, 2.45) is 5.73 Å². The third-order valence-electron chi connectivity index (χ3n) is 5.97. The van der Waals surface area contributed by atoms with Gasteiger partial charge in [-0.05, 0) is 32.1 Å². The van der Waals surface area contributed by atoms with Gasteiger partial charge in [-0.2, -0.15) is 0 Å². The molecular formula is C25H42N6O5. The van der Waals surface area contributed by atoms with Crippen molar-refractivity contribution in [3.8, 4) is 0 Å². The number of carbonyl (C=O) groups excluding carboxylic acids is 1. The molecule has 1 amide bonds. The second-order valence-electron chi connectivity index (χ2n) is 9.06. The van der Waals surface area contributed by atoms with Gasteiger partial charge in [0.15, 0.2) is 23.2 Å². The van der Waals surface area contributed by atoms with E-state index in [0.717, 1.165) is 38.5 Å². The maximum atomic E-state index is 10.9. The number of nitrogens with one attached hydrogen (secondary N) is 1. The summed E-state index contributed by atoms with van der Waals surface area (Å²) in [5.41, 5.74) is 6.54. The third-order valence-corrected chi connectivity index (χ3v) is 5.97. The summed E-state index contributed by atoms with van der Waals surface area (Å²) in [7, 11) is 0. The fourth-order valence-corrected chi connectivity index (χ4v) is 4.27. The van der Waals surface area contributed by atoms with Crippen LogP contribution < -0.4 is 11.1 Å². The summed E-state index contributed by atoms with van der Waals surface area (Å²) in [6.07, 6.45) is 7.72. The number of anilines is 1. The molecule has 1 saturated heterocycles. The summed E-state index contributed by atoms with van der Waals surface area (Å²) in [6.45, 7) is 9.30. The maximum absolute atomic E-state index is 10.9. The monoisotopic (exact) mass is 506 g/mol. The number of nitrogens with two attached hydrogens (primary N) is 1. The Bertz CT molecular complexity index is 925. The van der Waals surface area contributed by atoms with Crippen LogP contribution in [0.1, 0.15) is 71.9 Å². The Labute approximate surface area is 213 Å². The Morgan fingerprint density at radius 3 is 2.50 bits per heavy atom. The zero-order valence-electron chi connectivity index (χ0n) is 21.9. The number of nitrogens with zero attached hydrogens (tertiary/aromatic N) is 4. The molecule has 0 aliphatic carbocycles. The van der Waals surface area contributed by atoms with Crippen LogP contribution in [0.2, 0.25) is 0 Å². The zero-order chi connectivity index (χ0) is 25.8. The minimum Gasteiger partial charge on any atom is -0.379 e. The Balaban J connectivity index is 1.77. The van der Waals surface area contributed by atoms with Crippen LogP contribution in [0.5, 0.6) is 0 Å². The number of hydrogen-bond acceptors (Lipinski definition) is 9. The van der Waals surface area contributed by atoms with Crippen molar-refractivity contribution >= 4 is 22.9 Å². The van der Waals surface area contributed by atoms with Crippen LogP contribution in [0.15, 0.2) is 12.7 Å². The number of amides is 1. The molecule has 0 spiro atoms. The molecule has 1 fully saturated rings. The van der Waals surface area contributed by atoms with Crippen LogP contribution >= 0.6 is 0 Å². The van der Waals surface area contributed by atoms with E-state index in [0.29, 0.717) is 56.4 Å². The molecule has 0 aromatic carbocycles. The lowest BCUT2D eigenvalue weighted by atomic mass is 10.1. The van der Waals surface area contributed by atoms with Gasteiger partial charge >= 0.3 is 0 Å². The smallest absolute Gasteiger partial charge is 0.217 e. The van der Waals surface area contributed by atoms with Crippen molar-refractivity contribution in [2.75, 3.05) is 38.3 Å². The highest BCUT2D eigenvalue weighted by molar-refractivity contribution is 5.82. The van der Waals surface area contributed by atoms with E-state index in [1.165, 1.54) is 6.33 Å². The number of primary amides is 1. The van der Waals surface area contributed by atoms with Crippen LogP contribution in [0.4, 0.5) is 5.82 Å². The molecule has 1 aliphatic heterocycles. The standard InChI is InChI=1S/C25H42N6O5/c1-4-12-33-15-18-21(34-13-5-2)22(35-14-6-3)25(36-18)31-17-30-20-23(28-16-29-24(20)31)27-11-9-7-8-10-19(26)32/h16-18,21-22,25H,4-15H2,1-3H3,(H2,26,32)(H,27,28,29). The Kier molecular flexibility index (Phi) is 11.8. The highest BCUT2D eigenvalue weighted by Gasteiger charge is 2.47. The molecule has 2 aromatic rings. The molecule has 1 aliphatic rings. The minimum absolute atomic E-state index is 0.254. The van der Waals surface area contributed by atoms with Crippen LogP contribution in [0, 0.1) is 0 Å². The number of carbonyl (C=O) groups is 1. The molecule has 0 radical (unpaired) electrons. The van der Waals surface area contributed by atoms with Gasteiger partial charge in [0, 0.05) is 32.8 Å². The molecule has 3 heterocycles. The number of ether oxygens (including phenoxy) is 4. The van der Waals surface area contributed by atoms with Gasteiger partial charge in [0.2, 0.25) is 5.91 Å². The third kappa shape index (κ3) is 7.58. The van der Waals surface area contributed by atoms with E-state index in [9.17, 15) is 4.79 Å². The predicted molar refractivity (Wildman–Crippen MR) is 137 cm³/mol. The molecule has 202 valence electrons. The van der Waals surface area contributed by atoms with Crippen molar-refractivity contribution in [1.82, 2.24) is 19.5 Å². The van der Waals surface area contributed by atoms with Gasteiger partial charge in [-0.25, -0.2) is 15.0 Å². The molecule has 11 nitrogen and oxygen atoms in total. The summed E-state index contributed by atoms with van der Waals surface area (Å²) in [5.74, 6) is 0.405. The predicted octanol–water partition coefficient (Wildman–Crippen LogP) is 3.20. The molecule has 3 rings (SSSR count). The molecule has 11 heteroatoms. The lowest BCUT2D eigenvalue weighted by molar-refractivity contribution is -0.118. The molecule has 4 atom stereocenters. The summed E-state index contributed by atoms with van der Waals surface area (Å²) >= 11 is 0. The minimum atomic E-state index is -0.449. The van der Waals surface area contributed by atoms with Crippen LogP contribution in [-0.2, 0) is 23.7 Å². The van der Waals surface area contributed by atoms with Gasteiger partial charge in [-0.1, -0.05) is 27.2 Å². The summed E-state index contributed by atoms with van der Waals surface area (Å²) < 4.78 is 26.8. The molecule has 0 saturated carbocycles. The average molecular weight is 507 g/mol. The van der Waals surface area contributed by atoms with Gasteiger partial charge < -0.3 is 30.0 Å². The number of unbranched alkanes of at least 4 members (excludes halogenated alkanes) is 2. The van der Waals surface area contributed by atoms with Crippen molar-refractivity contribution in [2.45, 2.75) is 90.3 Å². The highest BCUT2D eigenvalue weighted by atomic mass is 16.6. The van der Waals surface area contributed by atoms with Gasteiger partial charge in [-0.3, -0.25) is 9.36 Å². The number of fused-ring (bicyclic) bond motifs is 1. The van der Waals surface area contributed by atoms with Crippen LogP contribution in [0.25, 0.3) is 11.2 Å². The molecule has 3 N–H and O–H groups in total. The van der Waals surface area contributed by atoms with Crippen molar-refractivity contribution < 1.29 is 23.7 Å². The zero-order valence-corrected chi connectivity index (χ0v) is 21.9. The van der Waals surface area contributed by atoms with E-state index in [4.69, 9.17) is 24.7 Å². The van der Waals surface area contributed by atoms with E-state index in [2.05, 4.69) is 41.0 Å². The van der Waals surface area contributed by atoms with Crippen molar-refractivity contribution in [3.05, 3.63) is 12.7 Å². The van der Waals surface area contributed by atoms with E-state index in [1.807, 2.05) is 4.57 Å². The topological polar surface area (TPSA) is 136 Å². The fraction of sp³-hybridized carbons (Fsp3) is 0.760. The van der Waals surface area contributed by atoms with Crippen LogP contribution in [0.3, 0.4) is 0 Å². The van der Waals surface area contributed by atoms with Gasteiger partial charge in [-0.15, -0.1) is 0 Å². The SMILES string of the molecule is CCCOCC1OC(n2cnc3c(NCCCCCC(N)=O)ncnc32)C(OCCC)C1OCCC. The summed E-state index contributed by atoms with van der Waals surface area (Å²) in [6, 6.07) is 0. The van der Waals surface area contributed by atoms with E-state index >= 15 is 0 Å². The van der Waals surface area contributed by atoms with Crippen LogP contribution in [-0.4, -0.2) is 76.7 Å². The molecular weight excluding hydrogens is 464 g/mol.